The van der Waals surface area contributed by atoms with Crippen molar-refractivity contribution < 1.29 is 23.9 Å². The van der Waals surface area contributed by atoms with E-state index in [2.05, 4.69) is 33.8 Å². The van der Waals surface area contributed by atoms with E-state index >= 15 is 0 Å². The summed E-state index contributed by atoms with van der Waals surface area (Å²) in [5.74, 6) is -1.35. The van der Waals surface area contributed by atoms with Crippen LogP contribution in [0.15, 0.2) is 11.6 Å². The average Bonchev–Trinajstić information content (AvgIpc) is 2.59. The molecule has 6 heteroatoms. The summed E-state index contributed by atoms with van der Waals surface area (Å²) in [6.07, 6.45) is 6.54. The van der Waals surface area contributed by atoms with Crippen molar-refractivity contribution in [1.29, 1.82) is 0 Å². The van der Waals surface area contributed by atoms with Crippen molar-refractivity contribution in [1.82, 2.24) is 5.06 Å². The fourth-order valence-corrected chi connectivity index (χ4v) is 4.02. The average molecular weight is 412 g/mol. The highest BCUT2D eigenvalue weighted by atomic mass is 16.7. The van der Waals surface area contributed by atoms with Crippen molar-refractivity contribution in [3.05, 3.63) is 11.6 Å². The Bertz CT molecular complexity index is 556. The highest BCUT2D eigenvalue weighted by Crippen LogP contribution is 2.41. The summed E-state index contributed by atoms with van der Waals surface area (Å²) < 4.78 is 10.6. The Balaban J connectivity index is 3.35. The third-order valence-corrected chi connectivity index (χ3v) is 5.42. The first kappa shape index (κ1) is 25.6. The highest BCUT2D eigenvalue weighted by molar-refractivity contribution is 6.03. The molecular weight excluding hydrogens is 370 g/mol. The summed E-state index contributed by atoms with van der Waals surface area (Å²) in [6, 6.07) is 0. The lowest BCUT2D eigenvalue weighted by Crippen LogP contribution is -2.65. The summed E-state index contributed by atoms with van der Waals surface area (Å²) in [5.41, 5.74) is -1.26. The number of rotatable bonds is 10. The van der Waals surface area contributed by atoms with Crippen LogP contribution in [0.4, 0.5) is 0 Å². The molecule has 1 aliphatic rings. The first-order valence-electron chi connectivity index (χ1n) is 10.9. The zero-order valence-electron chi connectivity index (χ0n) is 19.7. The van der Waals surface area contributed by atoms with E-state index in [4.69, 9.17) is 14.3 Å². The Kier molecular flexibility index (Phi) is 9.35. The lowest BCUT2D eigenvalue weighted by atomic mass is 9.82. The molecule has 0 spiro atoms. The number of carbonyl (C=O) groups is 2. The van der Waals surface area contributed by atoms with E-state index < -0.39 is 17.5 Å². The Morgan fingerprint density at radius 3 is 1.86 bits per heavy atom. The quantitative estimate of drug-likeness (QED) is 0.219. The molecule has 1 aliphatic heterocycles. The summed E-state index contributed by atoms with van der Waals surface area (Å²) >= 11 is 0. The Labute approximate surface area is 176 Å². The van der Waals surface area contributed by atoms with Crippen LogP contribution in [0.3, 0.4) is 0 Å². The molecular formula is C23H41NO5. The number of carbonyl (C=O) groups excluding carboxylic acids is 2. The zero-order valence-corrected chi connectivity index (χ0v) is 19.7. The number of ether oxygens (including phenoxy) is 2. The van der Waals surface area contributed by atoms with Crippen molar-refractivity contribution in [2.45, 2.75) is 111 Å². The standard InChI is InChI=1S/C23H41NO5/c1-9-27-19(25)23(20(26)28-10-2,17-12-11-14-18(3)4)29-24-21(5,6)15-13-16-22(24,7)8/h14H,9-13,15-17H2,1-8H3. The Morgan fingerprint density at radius 1 is 0.966 bits per heavy atom. The number of hydrogen-bond acceptors (Lipinski definition) is 6. The third-order valence-electron chi connectivity index (χ3n) is 5.42. The van der Waals surface area contributed by atoms with Crippen LogP contribution in [-0.2, 0) is 23.9 Å². The van der Waals surface area contributed by atoms with Crippen LogP contribution in [0.25, 0.3) is 0 Å². The maximum absolute atomic E-state index is 13.1. The molecule has 0 radical (unpaired) electrons. The normalized spacial score (nSPS) is 18.8. The molecule has 0 aliphatic carbocycles. The van der Waals surface area contributed by atoms with E-state index in [-0.39, 0.29) is 30.7 Å². The lowest BCUT2D eigenvalue weighted by Gasteiger charge is -2.53. The number of nitrogens with zero attached hydrogens (tertiary/aromatic N) is 1. The number of allylic oxidation sites excluding steroid dienone is 2. The van der Waals surface area contributed by atoms with Crippen LogP contribution in [0.5, 0.6) is 0 Å². The van der Waals surface area contributed by atoms with Gasteiger partial charge in [-0.15, -0.1) is 0 Å². The smallest absolute Gasteiger partial charge is 0.352 e. The summed E-state index contributed by atoms with van der Waals surface area (Å²) in [6.45, 7) is 16.2. The first-order valence-corrected chi connectivity index (χ1v) is 10.9. The maximum Gasteiger partial charge on any atom is 0.352 e. The second-order valence-corrected chi connectivity index (χ2v) is 9.31. The van der Waals surface area contributed by atoms with Gasteiger partial charge in [0.2, 0.25) is 0 Å². The van der Waals surface area contributed by atoms with Crippen LogP contribution < -0.4 is 0 Å². The van der Waals surface area contributed by atoms with Gasteiger partial charge in [0, 0.05) is 17.5 Å². The minimum atomic E-state index is -1.80. The number of piperidine rings is 1. The molecule has 6 nitrogen and oxygen atoms in total. The summed E-state index contributed by atoms with van der Waals surface area (Å²) in [5, 5.41) is 1.85. The van der Waals surface area contributed by atoms with Crippen LogP contribution in [0.1, 0.15) is 93.9 Å². The molecule has 1 heterocycles. The maximum atomic E-state index is 13.1. The van der Waals surface area contributed by atoms with Crippen molar-refractivity contribution in [3.8, 4) is 0 Å². The van der Waals surface area contributed by atoms with Gasteiger partial charge >= 0.3 is 11.9 Å². The van der Waals surface area contributed by atoms with E-state index in [0.717, 1.165) is 25.7 Å². The second-order valence-electron chi connectivity index (χ2n) is 9.31. The van der Waals surface area contributed by atoms with Gasteiger partial charge in [0.25, 0.3) is 5.60 Å². The van der Waals surface area contributed by atoms with Gasteiger partial charge in [-0.25, -0.2) is 9.59 Å². The molecule has 1 saturated heterocycles. The van der Waals surface area contributed by atoms with Gasteiger partial charge in [-0.1, -0.05) is 11.6 Å². The summed E-state index contributed by atoms with van der Waals surface area (Å²) in [4.78, 5) is 32.6. The van der Waals surface area contributed by atoms with E-state index in [1.165, 1.54) is 5.57 Å². The van der Waals surface area contributed by atoms with Crippen molar-refractivity contribution in [3.63, 3.8) is 0 Å². The van der Waals surface area contributed by atoms with Crippen LogP contribution >= 0.6 is 0 Å². The fourth-order valence-electron chi connectivity index (χ4n) is 4.02. The molecule has 0 N–H and O–H groups in total. The molecule has 0 bridgehead atoms. The molecule has 0 aromatic rings. The SMILES string of the molecule is CCOC(=O)C(CCCC=C(C)C)(ON1C(C)(C)CCCC1(C)C)C(=O)OCC. The van der Waals surface area contributed by atoms with Crippen molar-refractivity contribution >= 4 is 11.9 Å². The largest absolute Gasteiger partial charge is 0.463 e. The second kappa shape index (κ2) is 10.6. The van der Waals surface area contributed by atoms with E-state index in [9.17, 15) is 9.59 Å². The predicted octanol–water partition coefficient (Wildman–Crippen LogP) is 4.96. The molecule has 1 fully saturated rings. The van der Waals surface area contributed by atoms with Gasteiger partial charge in [0.1, 0.15) is 0 Å². The topological polar surface area (TPSA) is 65.1 Å². The number of unbranched alkanes of at least 4 members (excludes halogenated alkanes) is 1. The van der Waals surface area contributed by atoms with Gasteiger partial charge in [0.15, 0.2) is 0 Å². The van der Waals surface area contributed by atoms with E-state index in [1.807, 2.05) is 18.9 Å². The molecule has 0 aromatic heterocycles. The van der Waals surface area contributed by atoms with Gasteiger partial charge < -0.3 is 9.47 Å². The molecule has 0 saturated carbocycles. The van der Waals surface area contributed by atoms with Gasteiger partial charge in [-0.05, 0) is 87.5 Å². The minimum Gasteiger partial charge on any atom is -0.463 e. The van der Waals surface area contributed by atoms with Crippen molar-refractivity contribution in [2.24, 2.45) is 0 Å². The van der Waals surface area contributed by atoms with Crippen LogP contribution in [-0.4, -0.2) is 46.9 Å². The number of esters is 2. The minimum absolute atomic E-state index is 0.171. The molecule has 0 aromatic carbocycles. The van der Waals surface area contributed by atoms with Crippen molar-refractivity contribution in [2.75, 3.05) is 13.2 Å². The predicted molar refractivity (Wildman–Crippen MR) is 114 cm³/mol. The number of hydrogen-bond donors (Lipinski definition) is 0. The molecule has 1 rings (SSSR count). The zero-order chi connectivity index (χ0) is 22.3. The monoisotopic (exact) mass is 411 g/mol. The number of hydroxylamine groups is 2. The first-order chi connectivity index (χ1) is 13.4. The molecule has 168 valence electrons. The molecule has 29 heavy (non-hydrogen) atoms. The van der Waals surface area contributed by atoms with Crippen LogP contribution in [0.2, 0.25) is 0 Å². The molecule has 0 unspecified atom stereocenters. The Hall–Kier alpha value is -1.40. The van der Waals surface area contributed by atoms with Gasteiger partial charge in [-0.3, -0.25) is 4.84 Å². The third kappa shape index (κ3) is 6.54. The fraction of sp³-hybridized carbons (Fsp3) is 0.826. The van der Waals surface area contributed by atoms with Gasteiger partial charge in [0.05, 0.1) is 13.2 Å². The lowest BCUT2D eigenvalue weighted by molar-refractivity contribution is -0.329. The van der Waals surface area contributed by atoms with Crippen LogP contribution in [0, 0.1) is 0 Å². The molecule has 0 atom stereocenters. The molecule has 0 amide bonds. The summed E-state index contributed by atoms with van der Waals surface area (Å²) in [7, 11) is 0. The van der Waals surface area contributed by atoms with E-state index in [0.29, 0.717) is 6.42 Å². The Morgan fingerprint density at radius 2 is 1.45 bits per heavy atom. The highest BCUT2D eigenvalue weighted by Gasteiger charge is 2.56. The van der Waals surface area contributed by atoms with E-state index in [1.54, 1.807) is 13.8 Å². The van der Waals surface area contributed by atoms with Gasteiger partial charge in [-0.2, -0.15) is 5.06 Å².